The Morgan fingerprint density at radius 1 is 1.11 bits per heavy atom. The molecule has 1 N–H and O–H groups in total. The van der Waals surface area contributed by atoms with Gasteiger partial charge in [-0.1, -0.05) is 6.07 Å². The molecule has 0 unspecified atom stereocenters. The normalized spacial score (nSPS) is 13.9. The first-order valence-electron chi connectivity index (χ1n) is 9.29. The molecule has 0 aliphatic carbocycles. The molecule has 1 aliphatic heterocycles. The molecule has 1 fully saturated rings. The van der Waals surface area contributed by atoms with Crippen LogP contribution in [0.4, 0.5) is 24.5 Å². The van der Waals surface area contributed by atoms with Gasteiger partial charge >= 0.3 is 0 Å². The molecule has 0 spiro atoms. The van der Waals surface area contributed by atoms with E-state index in [0.29, 0.717) is 24.5 Å². The topological polar surface area (TPSA) is 41.6 Å². The van der Waals surface area contributed by atoms with E-state index in [2.05, 4.69) is 5.32 Å². The Labute approximate surface area is 162 Å². The molecule has 0 saturated carbocycles. The molecule has 28 heavy (non-hydrogen) atoms. The van der Waals surface area contributed by atoms with Gasteiger partial charge in [0.05, 0.1) is 11.8 Å². The van der Waals surface area contributed by atoms with E-state index in [4.69, 9.17) is 4.74 Å². The van der Waals surface area contributed by atoms with Crippen LogP contribution in [0.25, 0.3) is 0 Å². The number of benzene rings is 2. The number of hydrogen-bond acceptors (Lipinski definition) is 3. The van der Waals surface area contributed by atoms with Crippen molar-refractivity contribution < 1.29 is 22.7 Å². The van der Waals surface area contributed by atoms with Crippen molar-refractivity contribution >= 4 is 17.3 Å². The Hall–Kier alpha value is -2.70. The van der Waals surface area contributed by atoms with Crippen LogP contribution in [0.3, 0.4) is 0 Å². The summed E-state index contributed by atoms with van der Waals surface area (Å²) in [6.45, 7) is 6.13. The van der Waals surface area contributed by atoms with Crippen LogP contribution in [0.2, 0.25) is 0 Å². The van der Waals surface area contributed by atoms with Gasteiger partial charge in [-0.05, 0) is 45.7 Å². The summed E-state index contributed by atoms with van der Waals surface area (Å²) in [5.74, 6) is -4.26. The number of nitrogens with one attached hydrogen (secondary N) is 1. The van der Waals surface area contributed by atoms with Crippen LogP contribution in [-0.4, -0.2) is 25.1 Å². The van der Waals surface area contributed by atoms with E-state index in [1.54, 1.807) is 23.1 Å². The minimum atomic E-state index is -1.47. The van der Waals surface area contributed by atoms with E-state index < -0.39 is 28.9 Å². The van der Waals surface area contributed by atoms with Gasteiger partial charge in [0.1, 0.15) is 17.1 Å². The maximum Gasteiger partial charge on any atom is 0.261 e. The molecule has 1 amide bonds. The fraction of sp³-hybridized carbons (Fsp3) is 0.381. The number of anilines is 2. The van der Waals surface area contributed by atoms with Crippen LogP contribution in [-0.2, 0) is 0 Å². The van der Waals surface area contributed by atoms with Crippen molar-refractivity contribution in [3.63, 3.8) is 0 Å². The molecule has 0 radical (unpaired) electrons. The first-order chi connectivity index (χ1) is 13.3. The smallest absolute Gasteiger partial charge is 0.261 e. The molecule has 1 heterocycles. The molecule has 7 heteroatoms. The van der Waals surface area contributed by atoms with Gasteiger partial charge in [0.15, 0.2) is 11.6 Å². The minimum Gasteiger partial charge on any atom is -0.491 e. The Kier molecular flexibility index (Phi) is 5.82. The lowest BCUT2D eigenvalue weighted by molar-refractivity contribution is 0.101. The quantitative estimate of drug-likeness (QED) is 0.724. The summed E-state index contributed by atoms with van der Waals surface area (Å²) in [4.78, 5) is 14.1. The lowest BCUT2D eigenvalue weighted by Crippen LogP contribution is -2.24. The van der Waals surface area contributed by atoms with E-state index in [1.807, 2.05) is 13.8 Å². The minimum absolute atomic E-state index is 0.0668. The Bertz CT molecular complexity index is 864. The highest BCUT2D eigenvalue weighted by atomic mass is 19.2. The van der Waals surface area contributed by atoms with Gasteiger partial charge in [-0.15, -0.1) is 0 Å². The standard InChI is InChI=1S/C21H23F3N2O2/c1-12(2)28-15-8-6-7-14(11-15)25-21(27)16-17(22)13(3)20(19(24)18(16)23)26-9-4-5-10-26/h6-8,11-12H,4-5,9-10H2,1-3H3,(H,25,27). The highest BCUT2D eigenvalue weighted by Crippen LogP contribution is 2.34. The molecule has 1 saturated heterocycles. The zero-order valence-corrected chi connectivity index (χ0v) is 16.1. The number of carbonyl (C=O) groups is 1. The second-order valence-electron chi connectivity index (χ2n) is 7.13. The molecule has 150 valence electrons. The SMILES string of the molecule is Cc1c(F)c(C(=O)Nc2cccc(OC(C)C)c2)c(F)c(F)c1N1CCCC1. The summed E-state index contributed by atoms with van der Waals surface area (Å²) >= 11 is 0. The van der Waals surface area contributed by atoms with Gasteiger partial charge in [-0.25, -0.2) is 13.2 Å². The first-order valence-corrected chi connectivity index (χ1v) is 9.29. The van der Waals surface area contributed by atoms with Crippen molar-refractivity contribution in [1.82, 2.24) is 0 Å². The first kappa shape index (κ1) is 20.0. The van der Waals surface area contributed by atoms with E-state index in [1.165, 1.54) is 13.0 Å². The van der Waals surface area contributed by atoms with Crippen LogP contribution in [0.15, 0.2) is 24.3 Å². The van der Waals surface area contributed by atoms with Crippen molar-refractivity contribution in [2.75, 3.05) is 23.3 Å². The van der Waals surface area contributed by atoms with Crippen LogP contribution in [0.1, 0.15) is 42.6 Å². The number of hydrogen-bond donors (Lipinski definition) is 1. The fourth-order valence-corrected chi connectivity index (χ4v) is 3.40. The van der Waals surface area contributed by atoms with Crippen molar-refractivity contribution in [3.8, 4) is 5.75 Å². The number of ether oxygens (including phenoxy) is 1. The second-order valence-corrected chi connectivity index (χ2v) is 7.13. The van der Waals surface area contributed by atoms with Gasteiger partial charge in [0.2, 0.25) is 0 Å². The summed E-state index contributed by atoms with van der Waals surface area (Å²) < 4.78 is 49.7. The molecule has 0 bridgehead atoms. The van der Waals surface area contributed by atoms with Gasteiger partial charge in [-0.3, -0.25) is 4.79 Å². The predicted octanol–water partition coefficient (Wildman–Crippen LogP) is 5.05. The van der Waals surface area contributed by atoms with E-state index in [9.17, 15) is 18.0 Å². The van der Waals surface area contributed by atoms with E-state index in [0.717, 1.165) is 12.8 Å². The number of nitrogens with zero attached hydrogens (tertiary/aromatic N) is 1. The molecular formula is C21H23F3N2O2. The fourth-order valence-electron chi connectivity index (χ4n) is 3.40. The molecule has 0 atom stereocenters. The summed E-state index contributed by atoms with van der Waals surface area (Å²) in [6.07, 6.45) is 1.59. The van der Waals surface area contributed by atoms with Crippen LogP contribution >= 0.6 is 0 Å². The van der Waals surface area contributed by atoms with E-state index >= 15 is 0 Å². The highest BCUT2D eigenvalue weighted by Gasteiger charge is 2.30. The van der Waals surface area contributed by atoms with Crippen molar-refractivity contribution in [3.05, 3.63) is 52.8 Å². The Balaban J connectivity index is 1.92. The Morgan fingerprint density at radius 2 is 1.79 bits per heavy atom. The van der Waals surface area contributed by atoms with Gasteiger partial charge in [0, 0.05) is 30.4 Å². The molecule has 2 aromatic rings. The summed E-state index contributed by atoms with van der Waals surface area (Å²) in [7, 11) is 0. The second kappa shape index (κ2) is 8.12. The number of rotatable bonds is 5. The van der Waals surface area contributed by atoms with Crippen LogP contribution in [0.5, 0.6) is 5.75 Å². The lowest BCUT2D eigenvalue weighted by atomic mass is 10.0. The summed E-state index contributed by atoms with van der Waals surface area (Å²) in [6, 6.07) is 6.44. The maximum absolute atomic E-state index is 14.8. The van der Waals surface area contributed by atoms with Gasteiger partial charge in [-0.2, -0.15) is 0 Å². The molecular weight excluding hydrogens is 369 g/mol. The van der Waals surface area contributed by atoms with Gasteiger partial charge in [0.25, 0.3) is 5.91 Å². The summed E-state index contributed by atoms with van der Waals surface area (Å²) in [5.41, 5.74) is -0.795. The van der Waals surface area contributed by atoms with Crippen molar-refractivity contribution in [2.45, 2.75) is 39.7 Å². The maximum atomic E-state index is 14.8. The predicted molar refractivity (Wildman–Crippen MR) is 103 cm³/mol. The molecule has 4 nitrogen and oxygen atoms in total. The van der Waals surface area contributed by atoms with E-state index in [-0.39, 0.29) is 17.4 Å². The molecule has 2 aromatic carbocycles. The van der Waals surface area contributed by atoms with Crippen molar-refractivity contribution in [1.29, 1.82) is 0 Å². The highest BCUT2D eigenvalue weighted by molar-refractivity contribution is 6.05. The lowest BCUT2D eigenvalue weighted by Gasteiger charge is -2.22. The Morgan fingerprint density at radius 3 is 2.43 bits per heavy atom. The van der Waals surface area contributed by atoms with Crippen LogP contribution in [0, 0.1) is 24.4 Å². The number of halogens is 3. The van der Waals surface area contributed by atoms with Crippen LogP contribution < -0.4 is 15.0 Å². The molecule has 3 rings (SSSR count). The summed E-state index contributed by atoms with van der Waals surface area (Å²) in [5, 5.41) is 2.42. The number of carbonyl (C=O) groups excluding carboxylic acids is 1. The third kappa shape index (κ3) is 3.93. The van der Waals surface area contributed by atoms with Gasteiger partial charge < -0.3 is 15.0 Å². The largest absolute Gasteiger partial charge is 0.491 e. The number of amides is 1. The average Bonchev–Trinajstić information content (AvgIpc) is 3.14. The molecule has 0 aromatic heterocycles. The monoisotopic (exact) mass is 392 g/mol. The molecule has 1 aliphatic rings. The third-order valence-corrected chi connectivity index (χ3v) is 4.64. The average molecular weight is 392 g/mol. The van der Waals surface area contributed by atoms with Crippen molar-refractivity contribution in [2.24, 2.45) is 0 Å². The zero-order valence-electron chi connectivity index (χ0n) is 16.1. The zero-order chi connectivity index (χ0) is 20.4. The third-order valence-electron chi connectivity index (χ3n) is 4.64.